The quantitative estimate of drug-likeness (QED) is 0.0204. The molecule has 0 aromatic carbocycles. The van der Waals surface area contributed by atoms with Crippen molar-refractivity contribution in [3.05, 3.63) is 72.9 Å². The average Bonchev–Trinajstić information content (AvgIpc) is 0.794. The molecule has 0 radical (unpaired) electrons. The van der Waals surface area contributed by atoms with E-state index >= 15 is 0 Å². The van der Waals surface area contributed by atoms with Crippen LogP contribution in [0.5, 0.6) is 0 Å². The van der Waals surface area contributed by atoms with Crippen LogP contribution in [0.3, 0.4) is 0 Å². The fourth-order valence-corrected chi connectivity index (χ4v) is 12.6. The number of amides is 1. The summed E-state index contributed by atoms with van der Waals surface area (Å²) in [6.45, 7) is 2.81. The molecule has 0 aromatic rings. The van der Waals surface area contributed by atoms with E-state index in [-0.39, 0.29) is 18.9 Å². The van der Waals surface area contributed by atoms with Gasteiger partial charge in [-0.15, -0.1) is 0 Å². The summed E-state index contributed by atoms with van der Waals surface area (Å²) in [5.41, 5.74) is 0. The van der Waals surface area contributed by atoms with Crippen molar-refractivity contribution in [1.82, 2.24) is 5.32 Å². The second-order valence-electron chi connectivity index (χ2n) is 27.5. The normalized spacial score (nSPS) is 22.8. The minimum atomic E-state index is -1.80. The molecule has 2 rings (SSSR count). The Kier molecular flexibility index (Phi) is 59.4. The van der Waals surface area contributed by atoms with Gasteiger partial charge in [-0.2, -0.15) is 0 Å². The zero-order valence-electron chi connectivity index (χ0n) is 60.0. The summed E-state index contributed by atoms with van der Waals surface area (Å²) in [6, 6.07) is -0.944. The van der Waals surface area contributed by atoms with Gasteiger partial charge in [-0.05, 0) is 83.5 Å². The van der Waals surface area contributed by atoms with Crippen molar-refractivity contribution in [3.63, 3.8) is 0 Å². The number of aliphatic hydroxyl groups excluding tert-OH is 8. The van der Waals surface area contributed by atoms with Gasteiger partial charge in [-0.3, -0.25) is 4.79 Å². The zero-order valence-corrected chi connectivity index (χ0v) is 60.0. The van der Waals surface area contributed by atoms with Crippen molar-refractivity contribution < 1.29 is 64.6 Å². The molecular formula is C80H145NO13. The highest BCUT2D eigenvalue weighted by molar-refractivity contribution is 5.76. The molecule has 14 heteroatoms. The van der Waals surface area contributed by atoms with Crippen LogP contribution in [0.1, 0.15) is 335 Å². The predicted octanol–water partition coefficient (Wildman–Crippen LogP) is 17.4. The third kappa shape index (κ3) is 46.7. The van der Waals surface area contributed by atoms with Gasteiger partial charge in [0.05, 0.1) is 32.0 Å². The Hall–Kier alpha value is -2.57. The first kappa shape index (κ1) is 87.5. The maximum atomic E-state index is 13.4. The minimum absolute atomic E-state index is 0.252. The molecule has 12 unspecified atom stereocenters. The van der Waals surface area contributed by atoms with E-state index in [0.717, 1.165) is 57.8 Å². The van der Waals surface area contributed by atoms with E-state index < -0.39 is 86.8 Å². The van der Waals surface area contributed by atoms with Gasteiger partial charge in [0.15, 0.2) is 12.6 Å². The number of allylic oxidation sites excluding steroid dienone is 11. The SMILES string of the molecule is CCCCCCC/C=C\C/C=C\C/C=C\CCCCCCCCCCCCCCCCC(=O)NC(COC1OC(CO)C(OC2OC(CO)C(O)C(O)C2O)C(O)C1O)C(O)/C=C/CC/C=C/CC/C=C/CCCCCCCCCCCCCCCCCCCCCCC. The smallest absolute Gasteiger partial charge is 0.220 e. The molecule has 0 bridgehead atoms. The molecule has 0 aromatic heterocycles. The Balaban J connectivity index is 1.66. The number of unbranched alkanes of at least 4 members (excludes halogenated alkanes) is 42. The van der Waals surface area contributed by atoms with Crippen LogP contribution in [0.25, 0.3) is 0 Å². The van der Waals surface area contributed by atoms with Gasteiger partial charge in [-0.1, -0.05) is 318 Å². The summed E-state index contributed by atoms with van der Waals surface area (Å²) in [6.07, 6.45) is 71.2. The fourth-order valence-electron chi connectivity index (χ4n) is 12.6. The van der Waals surface area contributed by atoms with Crippen molar-refractivity contribution in [3.8, 4) is 0 Å². The Morgan fingerprint density at radius 1 is 0.383 bits per heavy atom. The van der Waals surface area contributed by atoms with Crippen molar-refractivity contribution in [2.24, 2.45) is 0 Å². The number of ether oxygens (including phenoxy) is 4. The van der Waals surface area contributed by atoms with E-state index in [1.807, 2.05) is 6.08 Å². The second-order valence-corrected chi connectivity index (χ2v) is 27.5. The molecular weight excluding hydrogens is 1180 g/mol. The summed E-state index contributed by atoms with van der Waals surface area (Å²) >= 11 is 0. The zero-order chi connectivity index (χ0) is 68.0. The van der Waals surface area contributed by atoms with Gasteiger partial charge in [0.1, 0.15) is 48.8 Å². The van der Waals surface area contributed by atoms with Gasteiger partial charge < -0.3 is 65.1 Å². The molecule has 2 saturated heterocycles. The summed E-state index contributed by atoms with van der Waals surface area (Å²) in [5, 5.41) is 87.6. The topological polar surface area (TPSA) is 228 Å². The van der Waals surface area contributed by atoms with Crippen LogP contribution in [0, 0.1) is 0 Å². The van der Waals surface area contributed by atoms with Gasteiger partial charge in [-0.25, -0.2) is 0 Å². The van der Waals surface area contributed by atoms with Gasteiger partial charge in [0.25, 0.3) is 0 Å². The predicted molar refractivity (Wildman–Crippen MR) is 387 cm³/mol. The largest absolute Gasteiger partial charge is 0.394 e. The van der Waals surface area contributed by atoms with E-state index in [1.165, 1.54) is 244 Å². The van der Waals surface area contributed by atoms with Gasteiger partial charge in [0.2, 0.25) is 5.91 Å². The van der Waals surface area contributed by atoms with Crippen LogP contribution in [-0.4, -0.2) is 140 Å². The molecule has 94 heavy (non-hydrogen) atoms. The van der Waals surface area contributed by atoms with Crippen LogP contribution in [0.4, 0.5) is 0 Å². The molecule has 2 aliphatic heterocycles. The maximum Gasteiger partial charge on any atom is 0.220 e. The van der Waals surface area contributed by atoms with Crippen LogP contribution in [0.2, 0.25) is 0 Å². The monoisotopic (exact) mass is 1330 g/mol. The standard InChI is InChI=1S/C80H145NO13/c1-3-5-7-9-11-13-15-17-19-21-23-25-27-29-31-33-34-36-37-39-41-43-45-47-49-51-53-55-57-59-61-63-69(84)68(67-91-79-77(90)75(88)78(71(66-83)93-79)94-80-76(89)74(87)73(86)70(65-82)92-80)81-72(85)64-62-60-58-56-54-52-50-48-46-44-42-40-38-35-32-30-28-26-24-22-20-18-16-14-12-10-8-6-4-2/h16,18,22,24,28,30,45,47,53,55,61,63,68-71,73-80,82-84,86-90H,3-15,17,19-21,23,25-27,29,31-44,46,48-52,54,56-60,62,64-67H2,1-2H3,(H,81,85)/b18-16-,24-22-,30-28-,47-45+,55-53+,63-61+. The maximum absolute atomic E-state index is 13.4. The molecule has 0 spiro atoms. The Morgan fingerprint density at radius 3 is 1.12 bits per heavy atom. The molecule has 2 fully saturated rings. The lowest BCUT2D eigenvalue weighted by molar-refractivity contribution is -0.359. The summed E-state index contributed by atoms with van der Waals surface area (Å²) in [5.74, 6) is -0.252. The molecule has 0 aliphatic carbocycles. The Labute approximate surface area is 574 Å². The van der Waals surface area contributed by atoms with E-state index in [0.29, 0.717) is 12.8 Å². The molecule has 0 saturated carbocycles. The van der Waals surface area contributed by atoms with Gasteiger partial charge >= 0.3 is 0 Å². The molecule has 2 heterocycles. The van der Waals surface area contributed by atoms with E-state index in [9.17, 15) is 45.6 Å². The molecule has 14 nitrogen and oxygen atoms in total. The summed E-state index contributed by atoms with van der Waals surface area (Å²) in [7, 11) is 0. The first-order valence-corrected chi connectivity index (χ1v) is 39.2. The van der Waals surface area contributed by atoms with Crippen molar-refractivity contribution in [1.29, 1.82) is 0 Å². The molecule has 12 atom stereocenters. The van der Waals surface area contributed by atoms with Crippen LogP contribution < -0.4 is 5.32 Å². The van der Waals surface area contributed by atoms with Gasteiger partial charge in [0, 0.05) is 6.42 Å². The Bertz CT molecular complexity index is 1860. The Morgan fingerprint density at radius 2 is 0.713 bits per heavy atom. The number of hydrogen-bond acceptors (Lipinski definition) is 13. The van der Waals surface area contributed by atoms with Crippen molar-refractivity contribution >= 4 is 5.91 Å². The highest BCUT2D eigenvalue weighted by atomic mass is 16.7. The lowest BCUT2D eigenvalue weighted by atomic mass is 9.97. The number of carbonyl (C=O) groups is 1. The molecule has 1 amide bonds. The lowest BCUT2D eigenvalue weighted by Crippen LogP contribution is -2.65. The average molecular weight is 1330 g/mol. The van der Waals surface area contributed by atoms with Crippen LogP contribution in [-0.2, 0) is 23.7 Å². The highest BCUT2D eigenvalue weighted by Crippen LogP contribution is 2.30. The fraction of sp³-hybridized carbons (Fsp3) is 0.838. The molecule has 9 N–H and O–H groups in total. The van der Waals surface area contributed by atoms with Crippen molar-refractivity contribution in [2.45, 2.75) is 408 Å². The first-order valence-electron chi connectivity index (χ1n) is 39.2. The number of aliphatic hydroxyl groups is 8. The number of hydrogen-bond donors (Lipinski definition) is 9. The molecule has 548 valence electrons. The van der Waals surface area contributed by atoms with E-state index in [2.05, 4.69) is 79.9 Å². The third-order valence-corrected chi connectivity index (χ3v) is 18.8. The second kappa shape index (κ2) is 63.8. The molecule has 2 aliphatic rings. The number of nitrogens with one attached hydrogen (secondary N) is 1. The summed E-state index contributed by atoms with van der Waals surface area (Å²) < 4.78 is 22.9. The first-order chi connectivity index (χ1) is 46.1. The van der Waals surface area contributed by atoms with E-state index in [1.54, 1.807) is 6.08 Å². The number of rotatable bonds is 65. The minimum Gasteiger partial charge on any atom is -0.394 e. The van der Waals surface area contributed by atoms with Crippen LogP contribution in [0.15, 0.2) is 72.9 Å². The van der Waals surface area contributed by atoms with Crippen LogP contribution >= 0.6 is 0 Å². The lowest BCUT2D eigenvalue weighted by Gasteiger charge is -2.46. The number of carbonyl (C=O) groups excluding carboxylic acids is 1. The summed E-state index contributed by atoms with van der Waals surface area (Å²) in [4.78, 5) is 13.4. The van der Waals surface area contributed by atoms with E-state index in [4.69, 9.17) is 18.9 Å². The third-order valence-electron chi connectivity index (χ3n) is 18.8. The highest BCUT2D eigenvalue weighted by Gasteiger charge is 2.51. The van der Waals surface area contributed by atoms with Crippen molar-refractivity contribution in [2.75, 3.05) is 19.8 Å².